The van der Waals surface area contributed by atoms with Gasteiger partial charge in [0.25, 0.3) is 0 Å². The van der Waals surface area contributed by atoms with Crippen LogP contribution in [0.25, 0.3) is 77.2 Å². The number of hydrogen-bond donors (Lipinski definition) is 0. The van der Waals surface area contributed by atoms with Crippen molar-refractivity contribution < 1.29 is 0 Å². The molecule has 0 amide bonds. The number of rotatable bonds is 4. The summed E-state index contributed by atoms with van der Waals surface area (Å²) in [7, 11) is 32.2. The molecule has 0 aliphatic carbocycles. The van der Waals surface area contributed by atoms with Crippen LogP contribution in [0.5, 0.6) is 0 Å². The Balaban J connectivity index is 1.25. The van der Waals surface area contributed by atoms with Gasteiger partial charge in [0.15, 0.2) is 0 Å². The SMILES string of the molecule is Bc1c(B)c(B)c(-c2c(B)c(B)c(-n3c4ccccc4c4cc(-c5ccc6c(c5)c5ccccc5n6-c5c(B)c(B)c(B)c(B)c5B)ccc43)c(B)c2B)c(B)c1B. The minimum Gasteiger partial charge on any atom is -0.310 e. The number of benzene rings is 7. The summed E-state index contributed by atoms with van der Waals surface area (Å²) in [6.45, 7) is 0. The van der Waals surface area contributed by atoms with E-state index in [1.807, 2.05) is 0 Å². The molecule has 0 radical (unpaired) electrons. The van der Waals surface area contributed by atoms with Crippen molar-refractivity contribution in [1.29, 1.82) is 0 Å². The third-order valence-electron chi connectivity index (χ3n) is 14.9. The van der Waals surface area contributed by atoms with Gasteiger partial charge in [-0.15, -0.1) is 21.9 Å². The van der Waals surface area contributed by atoms with Gasteiger partial charge in [0, 0.05) is 32.9 Å². The van der Waals surface area contributed by atoms with Crippen molar-refractivity contribution in [3.05, 3.63) is 84.9 Å². The normalized spacial score (nSPS) is 11.7. The van der Waals surface area contributed by atoms with E-state index in [-0.39, 0.29) is 0 Å². The first-order valence-corrected chi connectivity index (χ1v) is 21.0. The monoisotopic (exact) mass is 728 g/mol. The molecule has 0 aliphatic rings. The van der Waals surface area contributed by atoms with Crippen molar-refractivity contribution >= 4 is 230 Å². The van der Waals surface area contributed by atoms with E-state index in [1.165, 1.54) is 154 Å². The lowest BCUT2D eigenvalue weighted by atomic mass is 9.56. The van der Waals surface area contributed by atoms with E-state index in [1.54, 1.807) is 0 Å². The molecule has 2 heterocycles. The molecule has 2 aromatic heterocycles. The molecular formula is C42H42B14N2. The van der Waals surface area contributed by atoms with Gasteiger partial charge in [-0.25, -0.2) is 0 Å². The Hall–Kier alpha value is -4.95. The number of hydrogen-bond acceptors (Lipinski definition) is 0. The molecule has 0 unspecified atom stereocenters. The van der Waals surface area contributed by atoms with E-state index < -0.39 is 0 Å². The molecule has 0 N–H and O–H groups in total. The van der Waals surface area contributed by atoms with Gasteiger partial charge in [0.2, 0.25) is 0 Å². The molecule has 0 aliphatic heterocycles. The van der Waals surface area contributed by atoms with Crippen LogP contribution in [-0.2, 0) is 0 Å². The van der Waals surface area contributed by atoms with Gasteiger partial charge in [0.1, 0.15) is 110 Å². The third-order valence-corrected chi connectivity index (χ3v) is 14.9. The highest BCUT2D eigenvalue weighted by Gasteiger charge is 2.24. The molecule has 262 valence electrons. The zero-order valence-corrected chi connectivity index (χ0v) is 37.0. The second kappa shape index (κ2) is 13.8. The Bertz CT molecular complexity index is 3200. The molecule has 0 saturated heterocycles. The summed E-state index contributed by atoms with van der Waals surface area (Å²) in [6, 6.07) is 32.1. The molecule has 9 aromatic rings. The van der Waals surface area contributed by atoms with Crippen molar-refractivity contribution in [2.45, 2.75) is 0 Å². The quantitative estimate of drug-likeness (QED) is 0.160. The van der Waals surface area contributed by atoms with E-state index >= 15 is 0 Å². The lowest BCUT2D eigenvalue weighted by Gasteiger charge is -2.28. The van der Waals surface area contributed by atoms with Crippen LogP contribution >= 0.6 is 0 Å². The molecule has 0 spiro atoms. The van der Waals surface area contributed by atoms with Gasteiger partial charge < -0.3 is 9.13 Å². The Kier molecular flexibility index (Phi) is 9.19. The van der Waals surface area contributed by atoms with Gasteiger partial charge in [-0.3, -0.25) is 0 Å². The maximum Gasteiger partial charge on any atom is 0.141 e. The Labute approximate surface area is 355 Å². The fraction of sp³-hybridized carbons (Fsp3) is 0. The van der Waals surface area contributed by atoms with Crippen LogP contribution in [0.1, 0.15) is 0 Å². The first kappa shape index (κ1) is 38.6. The molecule has 2 nitrogen and oxygen atoms in total. The minimum absolute atomic E-state index is 1.23. The van der Waals surface area contributed by atoms with Gasteiger partial charge in [-0.05, 0) is 58.7 Å². The van der Waals surface area contributed by atoms with Crippen LogP contribution in [0.15, 0.2) is 84.9 Å². The van der Waals surface area contributed by atoms with Crippen LogP contribution in [0.4, 0.5) is 0 Å². The number of nitrogens with zero attached hydrogens (tertiary/aromatic N) is 2. The predicted molar refractivity (Wildman–Crippen MR) is 300 cm³/mol. The van der Waals surface area contributed by atoms with E-state index in [2.05, 4.69) is 204 Å². The smallest absolute Gasteiger partial charge is 0.141 e. The summed E-state index contributed by atoms with van der Waals surface area (Å²) in [5, 5.41) is 5.13. The molecule has 58 heavy (non-hydrogen) atoms. The summed E-state index contributed by atoms with van der Waals surface area (Å²) in [5.74, 6) is 0. The molecule has 0 saturated carbocycles. The summed E-state index contributed by atoms with van der Waals surface area (Å²) in [5.41, 5.74) is 32.1. The largest absolute Gasteiger partial charge is 0.310 e. The highest BCUT2D eigenvalue weighted by atomic mass is 15.0. The van der Waals surface area contributed by atoms with Crippen LogP contribution < -0.4 is 76.5 Å². The van der Waals surface area contributed by atoms with Crippen LogP contribution in [0, 0.1) is 0 Å². The zero-order chi connectivity index (χ0) is 41.2. The Morgan fingerprint density at radius 1 is 0.259 bits per heavy atom. The van der Waals surface area contributed by atoms with Gasteiger partial charge >= 0.3 is 0 Å². The van der Waals surface area contributed by atoms with Crippen molar-refractivity contribution in [2.75, 3.05) is 0 Å². The summed E-state index contributed by atoms with van der Waals surface area (Å²) in [6.07, 6.45) is 0. The summed E-state index contributed by atoms with van der Waals surface area (Å²) >= 11 is 0. The molecule has 7 aromatic carbocycles. The molecule has 0 atom stereocenters. The van der Waals surface area contributed by atoms with Crippen LogP contribution in [0.2, 0.25) is 0 Å². The maximum atomic E-state index is 2.54. The van der Waals surface area contributed by atoms with Gasteiger partial charge in [-0.1, -0.05) is 103 Å². The minimum atomic E-state index is 1.23. The van der Waals surface area contributed by atoms with Crippen molar-refractivity contribution in [2.24, 2.45) is 0 Å². The first-order chi connectivity index (χ1) is 27.6. The lowest BCUT2D eigenvalue weighted by Crippen LogP contribution is -2.57. The van der Waals surface area contributed by atoms with Gasteiger partial charge in [-0.2, -0.15) is 0 Å². The number of para-hydroxylation sites is 2. The van der Waals surface area contributed by atoms with E-state index in [4.69, 9.17) is 0 Å². The average Bonchev–Trinajstić information content (AvgIpc) is 3.73. The average molecular weight is 726 g/mol. The van der Waals surface area contributed by atoms with Gasteiger partial charge in [0.05, 0.1) is 22.1 Å². The highest BCUT2D eigenvalue weighted by molar-refractivity contribution is 6.71. The zero-order valence-electron chi connectivity index (χ0n) is 37.0. The molecular weight excluding hydrogens is 684 g/mol. The van der Waals surface area contributed by atoms with Crippen LogP contribution in [0.3, 0.4) is 0 Å². The Morgan fingerprint density at radius 3 is 0.914 bits per heavy atom. The highest BCUT2D eigenvalue weighted by Crippen LogP contribution is 2.37. The van der Waals surface area contributed by atoms with E-state index in [9.17, 15) is 0 Å². The third kappa shape index (κ3) is 5.32. The molecule has 0 bridgehead atoms. The number of fused-ring (bicyclic) bond motifs is 6. The second-order valence-electron chi connectivity index (χ2n) is 17.4. The summed E-state index contributed by atoms with van der Waals surface area (Å²) < 4.78 is 5.06. The lowest BCUT2D eigenvalue weighted by molar-refractivity contribution is 1.21. The molecule has 0 fully saturated rings. The van der Waals surface area contributed by atoms with Crippen molar-refractivity contribution in [3.63, 3.8) is 0 Å². The maximum absolute atomic E-state index is 2.54. The predicted octanol–water partition coefficient (Wildman–Crippen LogP) is -13.2. The second-order valence-corrected chi connectivity index (χ2v) is 17.4. The Morgan fingerprint density at radius 2 is 0.534 bits per heavy atom. The fourth-order valence-electron chi connectivity index (χ4n) is 10.5. The van der Waals surface area contributed by atoms with E-state index in [0.29, 0.717) is 0 Å². The topological polar surface area (TPSA) is 9.86 Å². The molecule has 16 heteroatoms. The molecule has 9 rings (SSSR count). The van der Waals surface area contributed by atoms with Crippen molar-refractivity contribution in [3.8, 4) is 33.6 Å². The number of aromatic nitrogens is 2. The fourth-order valence-corrected chi connectivity index (χ4v) is 10.5. The van der Waals surface area contributed by atoms with E-state index in [0.717, 1.165) is 0 Å². The summed E-state index contributed by atoms with van der Waals surface area (Å²) in [4.78, 5) is 0. The first-order valence-electron chi connectivity index (χ1n) is 21.0. The van der Waals surface area contributed by atoms with Crippen molar-refractivity contribution in [1.82, 2.24) is 9.13 Å². The van der Waals surface area contributed by atoms with Crippen LogP contribution in [-0.4, -0.2) is 119 Å². The standard InChI is InChI=1S/C42H42B14N2/c43-27-25(28(44)32(48)33(49)31(27)47)26-29(45)37(53)41(38(54)30(26)46)57-21-7-3-1-5-17(21)19-13-15(9-11-23(19)57)16-10-12-24-20(14-16)18-6-2-4-8-22(18)58(24)42-39(55)35(51)34(50)36(52)40(42)56/h1-14H,43-56H2.